The summed E-state index contributed by atoms with van der Waals surface area (Å²) in [4.78, 5) is 0. The van der Waals surface area contributed by atoms with Gasteiger partial charge >= 0.3 is 0 Å². The molecule has 0 amide bonds. The van der Waals surface area contributed by atoms with Crippen LogP contribution in [0.3, 0.4) is 0 Å². The van der Waals surface area contributed by atoms with Gasteiger partial charge in [0.15, 0.2) is 29.1 Å². The van der Waals surface area contributed by atoms with E-state index >= 15 is 0 Å². The van der Waals surface area contributed by atoms with Crippen LogP contribution in [0.5, 0.6) is 23.0 Å². The van der Waals surface area contributed by atoms with E-state index in [1.54, 1.807) is 12.1 Å². The fourth-order valence-corrected chi connectivity index (χ4v) is 2.56. The normalized spacial score (nSPS) is 13.2. The number of phenols is 2. The van der Waals surface area contributed by atoms with Crippen molar-refractivity contribution in [2.45, 2.75) is 25.0 Å². The molecule has 2 atom stereocenters. The van der Waals surface area contributed by atoms with Crippen molar-refractivity contribution in [1.29, 1.82) is 0 Å². The predicted octanol–water partition coefficient (Wildman–Crippen LogP) is 1.50. The second kappa shape index (κ2) is 9.28. The third-order valence-corrected chi connectivity index (χ3v) is 4.00. The van der Waals surface area contributed by atoms with Crippen molar-refractivity contribution >= 4 is 0 Å². The molecule has 142 valence electrons. The highest BCUT2D eigenvalue weighted by Crippen LogP contribution is 2.33. The van der Waals surface area contributed by atoms with Crippen molar-refractivity contribution in [3.8, 4) is 23.0 Å². The highest BCUT2D eigenvalue weighted by Gasteiger charge is 2.24. The van der Waals surface area contributed by atoms with Crippen LogP contribution in [-0.4, -0.2) is 52.0 Å². The largest absolute Gasteiger partial charge is 0.504 e. The lowest BCUT2D eigenvalue weighted by Crippen LogP contribution is -2.29. The molecule has 0 aliphatic heterocycles. The summed E-state index contributed by atoms with van der Waals surface area (Å²) in [5.41, 5.74) is 1.23. The summed E-state index contributed by atoms with van der Waals surface area (Å²) in [5.74, 6) is 0.131. The van der Waals surface area contributed by atoms with Gasteiger partial charge in [0.05, 0.1) is 13.7 Å². The van der Waals surface area contributed by atoms with Crippen molar-refractivity contribution in [1.82, 2.24) is 0 Å². The van der Waals surface area contributed by atoms with Crippen LogP contribution in [0.1, 0.15) is 23.7 Å². The fourth-order valence-electron chi connectivity index (χ4n) is 2.56. The second-order valence-corrected chi connectivity index (χ2v) is 5.84. The number of hydrogen-bond donors (Lipinski definition) is 5. The zero-order chi connectivity index (χ0) is 19.1. The lowest BCUT2D eigenvalue weighted by molar-refractivity contribution is -0.000499. The smallest absolute Gasteiger partial charge is 0.161 e. The van der Waals surface area contributed by atoms with Crippen LogP contribution in [0.4, 0.5) is 0 Å². The molecule has 0 unspecified atom stereocenters. The van der Waals surface area contributed by atoms with E-state index in [0.717, 1.165) is 5.56 Å². The number of phenolic OH excluding ortho intramolecular Hbond substituents is 2. The molecule has 0 saturated carbocycles. The van der Waals surface area contributed by atoms with Gasteiger partial charge in [-0.3, -0.25) is 0 Å². The Bertz CT molecular complexity index is 717. The molecule has 2 aromatic rings. The molecule has 2 aromatic carbocycles. The molecule has 0 spiro atoms. The summed E-state index contributed by atoms with van der Waals surface area (Å²) in [6, 6.07) is 9.13. The Kier molecular flexibility index (Phi) is 7.08. The maximum absolute atomic E-state index is 10.5. The number of aliphatic hydroxyl groups is 3. The van der Waals surface area contributed by atoms with E-state index in [4.69, 9.17) is 14.6 Å². The van der Waals surface area contributed by atoms with Gasteiger partial charge in [0, 0.05) is 6.61 Å². The van der Waals surface area contributed by atoms with Gasteiger partial charge < -0.3 is 35.0 Å². The molecule has 7 nitrogen and oxygen atoms in total. The number of methoxy groups -OCH3 is 1. The van der Waals surface area contributed by atoms with Crippen molar-refractivity contribution in [3.05, 3.63) is 47.5 Å². The summed E-state index contributed by atoms with van der Waals surface area (Å²) >= 11 is 0. The molecule has 5 N–H and O–H groups in total. The van der Waals surface area contributed by atoms with Crippen molar-refractivity contribution < 1.29 is 35.0 Å². The molecule has 0 bridgehead atoms. The first-order valence-corrected chi connectivity index (χ1v) is 8.25. The third kappa shape index (κ3) is 4.78. The van der Waals surface area contributed by atoms with Crippen LogP contribution in [0, 0.1) is 0 Å². The highest BCUT2D eigenvalue weighted by atomic mass is 16.5. The summed E-state index contributed by atoms with van der Waals surface area (Å²) < 4.78 is 10.6. The Morgan fingerprint density at radius 3 is 2.35 bits per heavy atom. The van der Waals surface area contributed by atoms with Gasteiger partial charge in [0.2, 0.25) is 0 Å². The molecule has 0 radical (unpaired) electrons. The zero-order valence-electron chi connectivity index (χ0n) is 14.5. The number of ether oxygens (including phenoxy) is 2. The summed E-state index contributed by atoms with van der Waals surface area (Å²) in [7, 11) is 1.39. The van der Waals surface area contributed by atoms with E-state index in [1.807, 2.05) is 0 Å². The highest BCUT2D eigenvalue weighted by molar-refractivity contribution is 5.44. The minimum atomic E-state index is -1.21. The Balaban J connectivity index is 2.15. The van der Waals surface area contributed by atoms with Gasteiger partial charge in [0.1, 0.15) is 6.10 Å². The van der Waals surface area contributed by atoms with Gasteiger partial charge in [-0.2, -0.15) is 0 Å². The number of aryl methyl sites for hydroxylation is 1. The van der Waals surface area contributed by atoms with Crippen LogP contribution >= 0.6 is 0 Å². The summed E-state index contributed by atoms with van der Waals surface area (Å²) in [6.45, 7) is -0.427. The molecule has 0 aliphatic carbocycles. The van der Waals surface area contributed by atoms with Crippen molar-refractivity contribution in [2.75, 3.05) is 20.3 Å². The zero-order valence-corrected chi connectivity index (χ0v) is 14.5. The van der Waals surface area contributed by atoms with Crippen molar-refractivity contribution in [2.24, 2.45) is 0 Å². The van der Waals surface area contributed by atoms with Gasteiger partial charge in [-0.25, -0.2) is 0 Å². The maximum atomic E-state index is 10.5. The molecule has 26 heavy (non-hydrogen) atoms. The van der Waals surface area contributed by atoms with Gasteiger partial charge in [0.25, 0.3) is 0 Å². The van der Waals surface area contributed by atoms with E-state index < -0.39 is 18.8 Å². The summed E-state index contributed by atoms with van der Waals surface area (Å²) in [5, 5.41) is 48.7. The van der Waals surface area contributed by atoms with Gasteiger partial charge in [-0.15, -0.1) is 0 Å². The van der Waals surface area contributed by atoms with E-state index in [2.05, 4.69) is 0 Å². The minimum absolute atomic E-state index is 0.0634. The lowest BCUT2D eigenvalue weighted by atomic mass is 10.0. The van der Waals surface area contributed by atoms with Crippen molar-refractivity contribution in [3.63, 3.8) is 0 Å². The van der Waals surface area contributed by atoms with E-state index in [1.165, 1.54) is 31.4 Å². The van der Waals surface area contributed by atoms with E-state index in [9.17, 15) is 20.4 Å². The molecule has 0 saturated heterocycles. The van der Waals surface area contributed by atoms with Crippen LogP contribution in [0.25, 0.3) is 0 Å². The predicted molar refractivity (Wildman–Crippen MR) is 94.6 cm³/mol. The first-order valence-electron chi connectivity index (χ1n) is 8.25. The summed E-state index contributed by atoms with van der Waals surface area (Å²) in [6.07, 6.45) is -1.04. The first-order chi connectivity index (χ1) is 12.5. The fraction of sp³-hybridized carbons (Fsp3) is 0.368. The minimum Gasteiger partial charge on any atom is -0.504 e. The second-order valence-electron chi connectivity index (χ2n) is 5.84. The molecule has 7 heteroatoms. The van der Waals surface area contributed by atoms with Crippen LogP contribution < -0.4 is 9.47 Å². The third-order valence-electron chi connectivity index (χ3n) is 4.00. The molecule has 2 rings (SSSR count). The van der Waals surface area contributed by atoms with Crippen LogP contribution in [-0.2, 0) is 6.42 Å². The Labute approximate surface area is 151 Å². The SMILES string of the molecule is COc1cc([C@@H](O)[C@@H](CO)Oc2ccc(CCCO)cc2O)ccc1O. The first kappa shape index (κ1) is 19.8. The standard InChI is InChI=1S/C19H24O7/c1-25-17-10-13(5-6-14(17)22)19(24)18(11-21)26-16-7-4-12(3-2-8-20)9-15(16)23/h4-7,9-10,18-24H,2-3,8,11H2,1H3/t18-,19-/m1/s1. The van der Waals surface area contributed by atoms with Crippen LogP contribution in [0.15, 0.2) is 36.4 Å². The van der Waals surface area contributed by atoms with E-state index in [-0.39, 0.29) is 29.6 Å². The number of rotatable bonds is 9. The molecule has 0 aliphatic rings. The molecule has 0 heterocycles. The number of benzene rings is 2. The number of aliphatic hydroxyl groups excluding tert-OH is 3. The average molecular weight is 364 g/mol. The molecular formula is C19H24O7. The Morgan fingerprint density at radius 2 is 1.73 bits per heavy atom. The lowest BCUT2D eigenvalue weighted by Gasteiger charge is -2.23. The molecule has 0 fully saturated rings. The molecular weight excluding hydrogens is 340 g/mol. The average Bonchev–Trinajstić information content (AvgIpc) is 2.65. The van der Waals surface area contributed by atoms with E-state index in [0.29, 0.717) is 18.4 Å². The maximum Gasteiger partial charge on any atom is 0.161 e. The van der Waals surface area contributed by atoms with Gasteiger partial charge in [-0.05, 0) is 48.2 Å². The monoisotopic (exact) mass is 364 g/mol. The quantitative estimate of drug-likeness (QED) is 0.457. The van der Waals surface area contributed by atoms with Gasteiger partial charge in [-0.1, -0.05) is 12.1 Å². The number of hydrogen-bond acceptors (Lipinski definition) is 7. The Morgan fingerprint density at radius 1 is 0.962 bits per heavy atom. The molecule has 0 aromatic heterocycles. The van der Waals surface area contributed by atoms with Crippen LogP contribution in [0.2, 0.25) is 0 Å². The number of aromatic hydroxyl groups is 2. The Hall–Kier alpha value is -2.48. The topological polar surface area (TPSA) is 120 Å².